The zero-order valence-corrected chi connectivity index (χ0v) is 9.02. The number of anilines is 1. The first-order valence-corrected chi connectivity index (χ1v) is 5.16. The van der Waals surface area contributed by atoms with Crippen LogP contribution >= 0.6 is 0 Å². The van der Waals surface area contributed by atoms with E-state index in [1.54, 1.807) is 12.3 Å². The van der Waals surface area contributed by atoms with Crippen molar-refractivity contribution in [3.63, 3.8) is 0 Å². The van der Waals surface area contributed by atoms with Crippen LogP contribution in [0.1, 0.15) is 12.1 Å². The van der Waals surface area contributed by atoms with Crippen LogP contribution in [0.5, 0.6) is 0 Å². The van der Waals surface area contributed by atoms with Gasteiger partial charge in [0.2, 0.25) is 0 Å². The highest BCUT2D eigenvalue weighted by molar-refractivity contribution is 5.53. The molecule has 0 unspecified atom stereocenters. The zero-order chi connectivity index (χ0) is 11.6. The second-order valence-electron chi connectivity index (χ2n) is 3.13. The highest BCUT2D eigenvalue weighted by Crippen LogP contribution is 2.09. The van der Waals surface area contributed by atoms with Crippen molar-refractivity contribution in [1.82, 2.24) is 4.98 Å². The molecule has 86 valence electrons. The van der Waals surface area contributed by atoms with Gasteiger partial charge in [-0.3, -0.25) is 0 Å². The Kier molecular flexibility index (Phi) is 5.92. The molecule has 1 rings (SSSR count). The number of nitrogens with one attached hydrogen (secondary N) is 1. The maximum absolute atomic E-state index is 8.79. The average Bonchev–Trinajstić information content (AvgIpc) is 2.34. The fourth-order valence-electron chi connectivity index (χ4n) is 1.20. The average molecular weight is 221 g/mol. The monoisotopic (exact) mass is 221 g/mol. The van der Waals surface area contributed by atoms with Crippen LogP contribution in [0.4, 0.5) is 5.69 Å². The van der Waals surface area contributed by atoms with Crippen LogP contribution < -0.4 is 5.32 Å². The highest BCUT2D eigenvalue weighted by atomic mass is 16.5. The van der Waals surface area contributed by atoms with Crippen molar-refractivity contribution in [3.8, 4) is 6.07 Å². The van der Waals surface area contributed by atoms with Gasteiger partial charge in [-0.05, 0) is 18.6 Å². The van der Waals surface area contributed by atoms with E-state index in [0.29, 0.717) is 25.5 Å². The van der Waals surface area contributed by atoms with Crippen molar-refractivity contribution in [2.24, 2.45) is 0 Å². The van der Waals surface area contributed by atoms with Crippen molar-refractivity contribution in [2.75, 3.05) is 31.7 Å². The van der Waals surface area contributed by atoms with Crippen LogP contribution in [0.2, 0.25) is 0 Å². The second kappa shape index (κ2) is 7.63. The maximum Gasteiger partial charge on any atom is 0.163 e. The molecule has 1 heterocycles. The molecule has 0 saturated carbocycles. The number of nitrogens with zero attached hydrogens (tertiary/aromatic N) is 2. The highest BCUT2D eigenvalue weighted by Gasteiger charge is 2.00. The minimum atomic E-state index is 0.0502. The van der Waals surface area contributed by atoms with E-state index in [-0.39, 0.29) is 6.61 Å². The van der Waals surface area contributed by atoms with Gasteiger partial charge < -0.3 is 15.2 Å². The number of nitriles is 1. The molecule has 0 radical (unpaired) electrons. The summed E-state index contributed by atoms with van der Waals surface area (Å²) in [5, 5.41) is 20.4. The van der Waals surface area contributed by atoms with Gasteiger partial charge >= 0.3 is 0 Å². The molecule has 0 aliphatic rings. The summed E-state index contributed by atoms with van der Waals surface area (Å²) >= 11 is 0. The molecular formula is C11H15N3O2. The predicted molar refractivity (Wildman–Crippen MR) is 60.0 cm³/mol. The fraction of sp³-hybridized carbons (Fsp3) is 0.455. The van der Waals surface area contributed by atoms with Gasteiger partial charge in [-0.2, -0.15) is 5.26 Å². The molecule has 0 fully saturated rings. The van der Waals surface area contributed by atoms with Crippen molar-refractivity contribution in [2.45, 2.75) is 6.42 Å². The Morgan fingerprint density at radius 1 is 1.50 bits per heavy atom. The van der Waals surface area contributed by atoms with Crippen LogP contribution in [-0.4, -0.2) is 36.5 Å². The fourth-order valence-corrected chi connectivity index (χ4v) is 1.20. The maximum atomic E-state index is 8.79. The van der Waals surface area contributed by atoms with Gasteiger partial charge in [-0.15, -0.1) is 0 Å². The number of rotatable bonds is 7. The molecule has 16 heavy (non-hydrogen) atoms. The van der Waals surface area contributed by atoms with Crippen LogP contribution in [0, 0.1) is 11.3 Å². The van der Waals surface area contributed by atoms with E-state index in [2.05, 4.69) is 10.3 Å². The van der Waals surface area contributed by atoms with E-state index in [1.807, 2.05) is 12.1 Å². The molecule has 0 spiro atoms. The van der Waals surface area contributed by atoms with Crippen LogP contribution in [0.3, 0.4) is 0 Å². The van der Waals surface area contributed by atoms with E-state index in [1.165, 1.54) is 0 Å². The number of ether oxygens (including phenoxy) is 1. The lowest BCUT2D eigenvalue weighted by Gasteiger charge is -2.07. The van der Waals surface area contributed by atoms with E-state index in [4.69, 9.17) is 15.1 Å². The summed E-state index contributed by atoms with van der Waals surface area (Å²) in [4.78, 5) is 3.94. The molecule has 5 heteroatoms. The molecule has 0 aliphatic carbocycles. The quantitative estimate of drug-likeness (QED) is 0.665. The number of aliphatic hydroxyl groups is 1. The smallest absolute Gasteiger partial charge is 0.163 e. The minimum Gasteiger partial charge on any atom is -0.394 e. The normalized spacial score (nSPS) is 9.75. The topological polar surface area (TPSA) is 78.2 Å². The first-order valence-electron chi connectivity index (χ1n) is 5.16. The third-order valence-corrected chi connectivity index (χ3v) is 1.93. The summed E-state index contributed by atoms with van der Waals surface area (Å²) < 4.78 is 5.11. The van der Waals surface area contributed by atoms with Gasteiger partial charge in [0.25, 0.3) is 0 Å². The number of aromatic nitrogens is 1. The van der Waals surface area contributed by atoms with E-state index < -0.39 is 0 Å². The lowest BCUT2D eigenvalue weighted by molar-refractivity contribution is 0.0922. The Bertz CT molecular complexity index is 349. The van der Waals surface area contributed by atoms with E-state index in [9.17, 15) is 0 Å². The molecule has 0 aliphatic heterocycles. The standard InChI is InChI=1S/C11H15N3O2/c12-9-11-10(3-1-4-14-11)13-5-2-7-16-8-6-15/h1,3-4,13,15H,2,5-8H2. The van der Waals surface area contributed by atoms with E-state index in [0.717, 1.165) is 12.1 Å². The summed E-state index contributed by atoms with van der Waals surface area (Å²) in [6, 6.07) is 5.62. The van der Waals surface area contributed by atoms with Crippen molar-refractivity contribution in [3.05, 3.63) is 24.0 Å². The van der Waals surface area contributed by atoms with Gasteiger partial charge in [0.05, 0.1) is 18.9 Å². The Labute approximate surface area is 94.7 Å². The number of hydrogen-bond acceptors (Lipinski definition) is 5. The molecule has 2 N–H and O–H groups in total. The molecular weight excluding hydrogens is 206 g/mol. The number of aliphatic hydroxyl groups excluding tert-OH is 1. The summed E-state index contributed by atoms with van der Waals surface area (Å²) in [6.45, 7) is 1.73. The second-order valence-corrected chi connectivity index (χ2v) is 3.13. The SMILES string of the molecule is N#Cc1ncccc1NCCCOCCO. The molecule has 0 bridgehead atoms. The summed E-state index contributed by atoms with van der Waals surface area (Å²) in [6.07, 6.45) is 2.41. The third-order valence-electron chi connectivity index (χ3n) is 1.93. The zero-order valence-electron chi connectivity index (χ0n) is 9.02. The first kappa shape index (κ1) is 12.4. The third kappa shape index (κ3) is 4.26. The minimum absolute atomic E-state index is 0.0502. The van der Waals surface area contributed by atoms with Crippen molar-refractivity contribution >= 4 is 5.69 Å². The molecule has 5 nitrogen and oxygen atoms in total. The molecule has 0 aromatic carbocycles. The summed E-state index contributed by atoms with van der Waals surface area (Å²) in [5.41, 5.74) is 1.14. The summed E-state index contributed by atoms with van der Waals surface area (Å²) in [5.74, 6) is 0. The van der Waals surface area contributed by atoms with Gasteiger partial charge in [-0.1, -0.05) is 0 Å². The lowest BCUT2D eigenvalue weighted by atomic mass is 10.3. The Morgan fingerprint density at radius 3 is 3.12 bits per heavy atom. The Morgan fingerprint density at radius 2 is 2.38 bits per heavy atom. The van der Waals surface area contributed by atoms with E-state index >= 15 is 0 Å². The molecule has 0 atom stereocenters. The van der Waals surface area contributed by atoms with Gasteiger partial charge in [-0.25, -0.2) is 4.98 Å². The lowest BCUT2D eigenvalue weighted by Crippen LogP contribution is -2.08. The molecule has 1 aromatic heterocycles. The van der Waals surface area contributed by atoms with Crippen molar-refractivity contribution in [1.29, 1.82) is 5.26 Å². The molecule has 0 saturated heterocycles. The summed E-state index contributed by atoms with van der Waals surface area (Å²) in [7, 11) is 0. The Hall–Kier alpha value is -1.64. The Balaban J connectivity index is 2.24. The molecule has 0 amide bonds. The number of pyridine rings is 1. The van der Waals surface area contributed by atoms with Gasteiger partial charge in [0.15, 0.2) is 5.69 Å². The van der Waals surface area contributed by atoms with Crippen molar-refractivity contribution < 1.29 is 9.84 Å². The number of hydrogen-bond donors (Lipinski definition) is 2. The largest absolute Gasteiger partial charge is 0.394 e. The molecule has 1 aromatic rings. The first-order chi connectivity index (χ1) is 7.88. The predicted octanol–water partition coefficient (Wildman–Crippen LogP) is 0.764. The van der Waals surface area contributed by atoms with Crippen LogP contribution in [0.15, 0.2) is 18.3 Å². The van der Waals surface area contributed by atoms with Gasteiger partial charge in [0, 0.05) is 19.3 Å². The van der Waals surface area contributed by atoms with Crippen LogP contribution in [-0.2, 0) is 4.74 Å². The van der Waals surface area contributed by atoms with Crippen LogP contribution in [0.25, 0.3) is 0 Å². The van der Waals surface area contributed by atoms with Gasteiger partial charge in [0.1, 0.15) is 6.07 Å².